The van der Waals surface area contributed by atoms with Crippen molar-refractivity contribution in [2.24, 2.45) is 11.8 Å². The first kappa shape index (κ1) is 16.5. The first-order chi connectivity index (χ1) is 10.1. The smallest absolute Gasteiger partial charge is 0.222 e. The van der Waals surface area contributed by atoms with Gasteiger partial charge in [-0.1, -0.05) is 35.0 Å². The van der Waals surface area contributed by atoms with Crippen molar-refractivity contribution >= 4 is 21.8 Å². The molecule has 4 heteroatoms. The molecule has 0 aromatic heterocycles. The molecule has 116 valence electrons. The summed E-state index contributed by atoms with van der Waals surface area (Å²) in [6, 6.07) is 8.14. The van der Waals surface area contributed by atoms with Crippen molar-refractivity contribution in [2.75, 3.05) is 20.1 Å². The van der Waals surface area contributed by atoms with Crippen LogP contribution in [-0.2, 0) is 11.3 Å². The number of hydrogen-bond acceptors (Lipinski definition) is 2. The van der Waals surface area contributed by atoms with Gasteiger partial charge in [0.25, 0.3) is 0 Å². The number of halogens is 1. The largest absolute Gasteiger partial charge is 0.341 e. The fourth-order valence-electron chi connectivity index (χ4n) is 2.96. The summed E-state index contributed by atoms with van der Waals surface area (Å²) < 4.78 is 1.06. The lowest BCUT2D eigenvalue weighted by atomic mass is 9.85. The third kappa shape index (κ3) is 5.11. The third-order valence-corrected chi connectivity index (χ3v) is 4.86. The first-order valence-corrected chi connectivity index (χ1v) is 8.54. The van der Waals surface area contributed by atoms with E-state index in [2.05, 4.69) is 40.3 Å². The normalized spacial score (nSPS) is 20.0. The average Bonchev–Trinajstić information content (AvgIpc) is 2.48. The Kier molecular flexibility index (Phi) is 6.24. The first-order valence-electron chi connectivity index (χ1n) is 7.75. The number of nitrogens with one attached hydrogen (secondary N) is 1. The van der Waals surface area contributed by atoms with Gasteiger partial charge >= 0.3 is 0 Å². The molecule has 0 aliphatic carbocycles. The highest BCUT2D eigenvalue weighted by Crippen LogP contribution is 2.23. The summed E-state index contributed by atoms with van der Waals surface area (Å²) in [5, 5.41) is 3.43. The van der Waals surface area contributed by atoms with E-state index in [1.165, 1.54) is 12.8 Å². The Labute approximate surface area is 136 Å². The molecule has 1 fully saturated rings. The topological polar surface area (TPSA) is 32.3 Å². The number of rotatable bonds is 5. The minimum absolute atomic E-state index is 0.244. The molecule has 0 bridgehead atoms. The van der Waals surface area contributed by atoms with Crippen LogP contribution in [0.25, 0.3) is 0 Å². The molecule has 3 nitrogen and oxygen atoms in total. The molecule has 1 amide bonds. The van der Waals surface area contributed by atoms with E-state index in [9.17, 15) is 4.79 Å². The van der Waals surface area contributed by atoms with Crippen LogP contribution in [0.5, 0.6) is 0 Å². The number of piperidine rings is 1. The Hall–Kier alpha value is -0.870. The highest BCUT2D eigenvalue weighted by atomic mass is 79.9. The fraction of sp³-hybridized carbons (Fsp3) is 0.588. The Morgan fingerprint density at radius 3 is 3.00 bits per heavy atom. The summed E-state index contributed by atoms with van der Waals surface area (Å²) in [6.07, 6.45) is 3.13. The minimum Gasteiger partial charge on any atom is -0.341 e. The van der Waals surface area contributed by atoms with Gasteiger partial charge in [-0.25, -0.2) is 0 Å². The highest BCUT2D eigenvalue weighted by molar-refractivity contribution is 9.10. The van der Waals surface area contributed by atoms with Gasteiger partial charge in [0.05, 0.1) is 0 Å². The molecular weight excluding hydrogens is 328 g/mol. The summed E-state index contributed by atoms with van der Waals surface area (Å²) in [5.41, 5.74) is 1.16. The predicted octanol–water partition coefficient (Wildman–Crippen LogP) is 3.43. The van der Waals surface area contributed by atoms with E-state index in [0.29, 0.717) is 24.8 Å². The van der Waals surface area contributed by atoms with E-state index in [-0.39, 0.29) is 5.91 Å². The molecule has 1 aliphatic rings. The van der Waals surface area contributed by atoms with Crippen LogP contribution in [0.2, 0.25) is 0 Å². The molecule has 1 aromatic carbocycles. The van der Waals surface area contributed by atoms with Crippen molar-refractivity contribution in [3.05, 3.63) is 34.3 Å². The second-order valence-corrected chi connectivity index (χ2v) is 7.08. The monoisotopic (exact) mass is 352 g/mol. The number of hydrogen-bond donors (Lipinski definition) is 1. The molecule has 21 heavy (non-hydrogen) atoms. The van der Waals surface area contributed by atoms with Crippen molar-refractivity contribution in [3.63, 3.8) is 0 Å². The molecule has 1 aliphatic heterocycles. The number of carbonyl (C=O) groups excluding carboxylic acids is 1. The van der Waals surface area contributed by atoms with Crippen molar-refractivity contribution < 1.29 is 4.79 Å². The number of nitrogens with zero attached hydrogens (tertiary/aromatic N) is 1. The molecule has 2 unspecified atom stereocenters. The number of amides is 1. The lowest BCUT2D eigenvalue weighted by Gasteiger charge is -2.29. The van der Waals surface area contributed by atoms with Gasteiger partial charge in [-0.3, -0.25) is 4.79 Å². The molecule has 0 saturated carbocycles. The van der Waals surface area contributed by atoms with Crippen LogP contribution in [-0.4, -0.2) is 30.9 Å². The van der Waals surface area contributed by atoms with Crippen molar-refractivity contribution in [2.45, 2.75) is 32.7 Å². The van der Waals surface area contributed by atoms with E-state index in [1.54, 1.807) is 0 Å². The van der Waals surface area contributed by atoms with Gasteiger partial charge < -0.3 is 10.2 Å². The second-order valence-electron chi connectivity index (χ2n) is 6.17. The lowest BCUT2D eigenvalue weighted by Crippen LogP contribution is -2.36. The maximum Gasteiger partial charge on any atom is 0.222 e. The zero-order chi connectivity index (χ0) is 15.2. The number of benzene rings is 1. The van der Waals surface area contributed by atoms with Crippen molar-refractivity contribution in [1.82, 2.24) is 10.2 Å². The van der Waals surface area contributed by atoms with Gasteiger partial charge in [0.2, 0.25) is 5.91 Å². The summed E-state index contributed by atoms with van der Waals surface area (Å²) >= 11 is 3.47. The van der Waals surface area contributed by atoms with Gasteiger partial charge in [-0.15, -0.1) is 0 Å². The molecule has 1 saturated heterocycles. The predicted molar refractivity (Wildman–Crippen MR) is 90.0 cm³/mol. The molecule has 1 heterocycles. The van der Waals surface area contributed by atoms with Gasteiger partial charge in [0, 0.05) is 24.5 Å². The van der Waals surface area contributed by atoms with Crippen LogP contribution >= 0.6 is 15.9 Å². The standard InChI is InChI=1S/C17H25BrN2O/c1-13(15-6-4-8-19-11-15)9-17(21)20(2)12-14-5-3-7-16(18)10-14/h3,5,7,10,13,15,19H,4,6,8-9,11-12H2,1-2H3. The highest BCUT2D eigenvalue weighted by Gasteiger charge is 2.23. The number of carbonyl (C=O) groups is 1. The second kappa shape index (κ2) is 7.95. The van der Waals surface area contributed by atoms with Crippen LogP contribution in [0.3, 0.4) is 0 Å². The van der Waals surface area contributed by atoms with Gasteiger partial charge in [0.1, 0.15) is 0 Å². The quantitative estimate of drug-likeness (QED) is 0.880. The van der Waals surface area contributed by atoms with Gasteiger partial charge in [0.15, 0.2) is 0 Å². The lowest BCUT2D eigenvalue weighted by molar-refractivity contribution is -0.131. The molecular formula is C17H25BrN2O. The summed E-state index contributed by atoms with van der Waals surface area (Å²) in [5.74, 6) is 1.34. The molecule has 1 aromatic rings. The Bertz CT molecular complexity index is 472. The molecule has 0 radical (unpaired) electrons. The van der Waals surface area contributed by atoms with E-state index < -0.39 is 0 Å². The van der Waals surface area contributed by atoms with Crippen LogP contribution in [0.4, 0.5) is 0 Å². The molecule has 2 rings (SSSR count). The maximum atomic E-state index is 12.4. The maximum absolute atomic E-state index is 12.4. The van der Waals surface area contributed by atoms with Crippen LogP contribution in [0.15, 0.2) is 28.7 Å². The average molecular weight is 353 g/mol. The van der Waals surface area contributed by atoms with E-state index >= 15 is 0 Å². The zero-order valence-electron chi connectivity index (χ0n) is 12.9. The third-order valence-electron chi connectivity index (χ3n) is 4.37. The fourth-order valence-corrected chi connectivity index (χ4v) is 3.41. The van der Waals surface area contributed by atoms with Crippen LogP contribution in [0.1, 0.15) is 31.7 Å². The van der Waals surface area contributed by atoms with Crippen LogP contribution in [0, 0.1) is 11.8 Å². The van der Waals surface area contributed by atoms with E-state index in [4.69, 9.17) is 0 Å². The Balaban J connectivity index is 1.84. The summed E-state index contributed by atoms with van der Waals surface area (Å²) in [6.45, 7) is 5.07. The molecule has 0 spiro atoms. The summed E-state index contributed by atoms with van der Waals surface area (Å²) in [4.78, 5) is 14.2. The van der Waals surface area contributed by atoms with Gasteiger partial charge in [-0.05, 0) is 55.5 Å². The van der Waals surface area contributed by atoms with Crippen LogP contribution < -0.4 is 5.32 Å². The van der Waals surface area contributed by atoms with E-state index in [1.807, 2.05) is 24.1 Å². The Morgan fingerprint density at radius 2 is 2.33 bits per heavy atom. The zero-order valence-corrected chi connectivity index (χ0v) is 14.5. The SMILES string of the molecule is CC(CC(=O)N(C)Cc1cccc(Br)c1)C1CCCNC1. The van der Waals surface area contributed by atoms with Gasteiger partial charge in [-0.2, -0.15) is 0 Å². The molecule has 1 N–H and O–H groups in total. The Morgan fingerprint density at radius 1 is 1.52 bits per heavy atom. The van der Waals surface area contributed by atoms with E-state index in [0.717, 1.165) is 23.1 Å². The molecule has 2 atom stereocenters. The minimum atomic E-state index is 0.244. The summed E-state index contributed by atoms with van der Waals surface area (Å²) in [7, 11) is 1.90. The van der Waals surface area contributed by atoms with Crippen molar-refractivity contribution in [1.29, 1.82) is 0 Å². The van der Waals surface area contributed by atoms with Crippen molar-refractivity contribution in [3.8, 4) is 0 Å².